The second kappa shape index (κ2) is 25.2. The fraction of sp³-hybridized carbons (Fsp3) is 1.00. The average Bonchev–Trinajstić information content (AvgIpc) is 2.61. The van der Waals surface area contributed by atoms with Crippen molar-refractivity contribution >= 4 is 0 Å². The van der Waals surface area contributed by atoms with Crippen LogP contribution < -0.4 is 0 Å². The van der Waals surface area contributed by atoms with E-state index in [1.54, 1.807) is 0 Å². The molecule has 0 aliphatic carbocycles. The molecule has 0 N–H and O–H groups in total. The zero-order valence-corrected chi connectivity index (χ0v) is 18.2. The molecule has 0 fully saturated rings. The summed E-state index contributed by atoms with van der Waals surface area (Å²) in [6.07, 6.45) is 21.0. The van der Waals surface area contributed by atoms with Crippen LogP contribution in [0.5, 0.6) is 0 Å². The van der Waals surface area contributed by atoms with Crippen LogP contribution in [0.2, 0.25) is 0 Å². The number of unbranched alkanes of at least 4 members (excludes halogenated alkanes) is 11. The van der Waals surface area contributed by atoms with Crippen LogP contribution >= 0.6 is 0 Å². The summed E-state index contributed by atoms with van der Waals surface area (Å²) in [5, 5.41) is 0. The molecule has 0 aromatic rings. The smallest absolute Gasteiger partial charge is 0.00188 e. The van der Waals surface area contributed by atoms with Gasteiger partial charge in [-0.2, -0.15) is 0 Å². The Labute approximate surface area is 156 Å². The molecule has 0 atom stereocenters. The van der Waals surface area contributed by atoms with Crippen molar-refractivity contribution in [2.45, 2.75) is 131 Å². The molecular weight excluding hydrogens is 290 g/mol. The first-order valence-corrected chi connectivity index (χ1v) is 11.5. The lowest BCUT2D eigenvalue weighted by atomic mass is 10.1. The van der Waals surface area contributed by atoms with Gasteiger partial charge in [-0.05, 0) is 38.9 Å². The van der Waals surface area contributed by atoms with Gasteiger partial charge in [0.05, 0.1) is 0 Å². The predicted molar refractivity (Wildman–Crippen MR) is 114 cm³/mol. The third-order valence-electron chi connectivity index (χ3n) is 4.69. The van der Waals surface area contributed by atoms with E-state index in [1.807, 2.05) is 0 Å². The lowest BCUT2D eigenvalue weighted by Gasteiger charge is -2.21. The van der Waals surface area contributed by atoms with Gasteiger partial charge >= 0.3 is 0 Å². The molecule has 0 rings (SSSR count). The third kappa shape index (κ3) is 24.2. The Morgan fingerprint density at radius 1 is 0.333 bits per heavy atom. The molecule has 0 aromatic carbocycles. The van der Waals surface area contributed by atoms with Crippen molar-refractivity contribution in [1.82, 2.24) is 4.90 Å². The van der Waals surface area contributed by atoms with Crippen LogP contribution in [0.3, 0.4) is 0 Å². The summed E-state index contributed by atoms with van der Waals surface area (Å²) >= 11 is 0. The molecule has 0 bridgehead atoms. The van der Waals surface area contributed by atoms with Gasteiger partial charge in [-0.25, -0.2) is 0 Å². The van der Waals surface area contributed by atoms with Gasteiger partial charge in [-0.1, -0.05) is 112 Å². The Balaban J connectivity index is 0. The molecule has 0 saturated carbocycles. The highest BCUT2D eigenvalue weighted by molar-refractivity contribution is 4.57. The molecule has 0 aromatic heterocycles. The zero-order chi connectivity index (χ0) is 18.3. The van der Waals surface area contributed by atoms with E-state index in [1.165, 1.54) is 116 Å². The van der Waals surface area contributed by atoms with Crippen molar-refractivity contribution < 1.29 is 0 Å². The SMILES string of the molecule is CCCCCCCCCCC.CCCCN(CCCC)CCCC. The van der Waals surface area contributed by atoms with E-state index in [4.69, 9.17) is 0 Å². The van der Waals surface area contributed by atoms with Crippen molar-refractivity contribution in [2.75, 3.05) is 19.6 Å². The summed E-state index contributed by atoms with van der Waals surface area (Å²) in [6.45, 7) is 15.3. The molecule has 0 aliphatic rings. The van der Waals surface area contributed by atoms with Crippen LogP contribution in [0.25, 0.3) is 0 Å². The summed E-state index contributed by atoms with van der Waals surface area (Å²) < 4.78 is 0. The molecule has 24 heavy (non-hydrogen) atoms. The summed E-state index contributed by atoms with van der Waals surface area (Å²) in [6, 6.07) is 0. The molecule has 0 radical (unpaired) electrons. The van der Waals surface area contributed by atoms with Gasteiger partial charge in [0, 0.05) is 0 Å². The Morgan fingerprint density at radius 2 is 0.583 bits per heavy atom. The molecule has 0 saturated heterocycles. The number of hydrogen-bond donors (Lipinski definition) is 0. The minimum Gasteiger partial charge on any atom is -0.303 e. The molecule has 0 heterocycles. The lowest BCUT2D eigenvalue weighted by Crippen LogP contribution is -2.27. The average molecular weight is 342 g/mol. The van der Waals surface area contributed by atoms with E-state index in [9.17, 15) is 0 Å². The van der Waals surface area contributed by atoms with E-state index < -0.39 is 0 Å². The first-order chi connectivity index (χ1) is 11.8. The topological polar surface area (TPSA) is 3.24 Å². The summed E-state index contributed by atoms with van der Waals surface area (Å²) in [7, 11) is 0. The van der Waals surface area contributed by atoms with Gasteiger partial charge in [-0.15, -0.1) is 0 Å². The maximum absolute atomic E-state index is 2.64. The lowest BCUT2D eigenvalue weighted by molar-refractivity contribution is 0.261. The maximum atomic E-state index is 2.64. The highest BCUT2D eigenvalue weighted by Crippen LogP contribution is 2.08. The minimum atomic E-state index is 1.32. The molecule has 1 heteroatoms. The maximum Gasteiger partial charge on any atom is -0.00188 e. The van der Waals surface area contributed by atoms with Crippen molar-refractivity contribution in [3.63, 3.8) is 0 Å². The first kappa shape index (κ1) is 26.2. The monoisotopic (exact) mass is 341 g/mol. The molecular formula is C23H51N. The van der Waals surface area contributed by atoms with E-state index in [-0.39, 0.29) is 0 Å². The van der Waals surface area contributed by atoms with Crippen molar-refractivity contribution in [3.8, 4) is 0 Å². The van der Waals surface area contributed by atoms with Gasteiger partial charge in [0.25, 0.3) is 0 Å². The van der Waals surface area contributed by atoms with Crippen LogP contribution in [0, 0.1) is 0 Å². The fourth-order valence-corrected chi connectivity index (χ4v) is 2.86. The molecule has 0 unspecified atom stereocenters. The van der Waals surface area contributed by atoms with Gasteiger partial charge < -0.3 is 4.90 Å². The Hall–Kier alpha value is -0.0400. The quantitative estimate of drug-likeness (QED) is 0.241. The van der Waals surface area contributed by atoms with Crippen LogP contribution in [0.1, 0.15) is 131 Å². The highest BCUT2D eigenvalue weighted by atomic mass is 15.1. The minimum absolute atomic E-state index is 1.32. The van der Waals surface area contributed by atoms with Crippen LogP contribution in [-0.4, -0.2) is 24.5 Å². The summed E-state index contributed by atoms with van der Waals surface area (Å²) in [4.78, 5) is 2.64. The molecule has 0 amide bonds. The molecule has 0 aliphatic heterocycles. The van der Waals surface area contributed by atoms with Crippen LogP contribution in [0.4, 0.5) is 0 Å². The largest absolute Gasteiger partial charge is 0.303 e. The highest BCUT2D eigenvalue weighted by Gasteiger charge is 2.01. The van der Waals surface area contributed by atoms with Gasteiger partial charge in [-0.3, -0.25) is 0 Å². The fourth-order valence-electron chi connectivity index (χ4n) is 2.86. The van der Waals surface area contributed by atoms with Crippen molar-refractivity contribution in [3.05, 3.63) is 0 Å². The Kier molecular flexibility index (Phi) is 27.5. The third-order valence-corrected chi connectivity index (χ3v) is 4.69. The molecule has 1 nitrogen and oxygen atoms in total. The van der Waals surface area contributed by atoms with Gasteiger partial charge in [0.1, 0.15) is 0 Å². The predicted octanol–water partition coefficient (Wildman–Crippen LogP) is 8.23. The zero-order valence-electron chi connectivity index (χ0n) is 18.2. The van der Waals surface area contributed by atoms with Crippen LogP contribution in [-0.2, 0) is 0 Å². The second-order valence-corrected chi connectivity index (χ2v) is 7.38. The number of hydrogen-bond acceptors (Lipinski definition) is 1. The van der Waals surface area contributed by atoms with Gasteiger partial charge in [0.2, 0.25) is 0 Å². The normalized spacial score (nSPS) is 10.8. The van der Waals surface area contributed by atoms with E-state index in [0.717, 1.165) is 0 Å². The van der Waals surface area contributed by atoms with E-state index in [0.29, 0.717) is 0 Å². The Bertz CT molecular complexity index is 163. The second-order valence-electron chi connectivity index (χ2n) is 7.38. The van der Waals surface area contributed by atoms with Crippen molar-refractivity contribution in [1.29, 1.82) is 0 Å². The van der Waals surface area contributed by atoms with Crippen molar-refractivity contribution in [2.24, 2.45) is 0 Å². The Morgan fingerprint density at radius 3 is 0.833 bits per heavy atom. The number of nitrogens with zero attached hydrogens (tertiary/aromatic N) is 1. The molecule has 148 valence electrons. The standard InChI is InChI=1S/C12H27N.C11H24/c1-4-7-10-13(11-8-5-2)12-9-6-3;1-3-5-7-9-11-10-8-6-4-2/h4-12H2,1-3H3;3-11H2,1-2H3. The number of rotatable bonds is 17. The molecule has 0 spiro atoms. The van der Waals surface area contributed by atoms with Gasteiger partial charge in [0.15, 0.2) is 0 Å². The van der Waals surface area contributed by atoms with E-state index in [2.05, 4.69) is 39.5 Å². The van der Waals surface area contributed by atoms with Crippen LogP contribution in [0.15, 0.2) is 0 Å². The summed E-state index contributed by atoms with van der Waals surface area (Å²) in [5.41, 5.74) is 0. The first-order valence-electron chi connectivity index (χ1n) is 11.5. The summed E-state index contributed by atoms with van der Waals surface area (Å²) in [5.74, 6) is 0. The van der Waals surface area contributed by atoms with E-state index >= 15 is 0 Å².